The van der Waals surface area contributed by atoms with Crippen molar-refractivity contribution in [3.05, 3.63) is 39.9 Å². The summed E-state index contributed by atoms with van der Waals surface area (Å²) in [6.07, 6.45) is 0.965. The quantitative estimate of drug-likeness (QED) is 0.444. The van der Waals surface area contributed by atoms with E-state index in [0.717, 1.165) is 0 Å². The van der Waals surface area contributed by atoms with Gasteiger partial charge in [0.05, 0.1) is 18.0 Å². The zero-order chi connectivity index (χ0) is 18.4. The molecule has 0 aliphatic carbocycles. The molecule has 1 amide bonds. The van der Waals surface area contributed by atoms with Gasteiger partial charge in [-0.15, -0.1) is 0 Å². The van der Waals surface area contributed by atoms with E-state index in [-0.39, 0.29) is 23.1 Å². The molecule has 0 spiro atoms. The van der Waals surface area contributed by atoms with E-state index in [9.17, 15) is 24.5 Å². The summed E-state index contributed by atoms with van der Waals surface area (Å²) in [5.41, 5.74) is -0.580. The number of hydrogen-bond acceptors (Lipinski definition) is 7. The molecular weight excluding hydrogens is 332 g/mol. The minimum absolute atomic E-state index is 0.204. The van der Waals surface area contributed by atoms with Gasteiger partial charge in [-0.3, -0.25) is 19.7 Å². The number of carbonyl (C=O) groups excluding carboxylic acids is 3. The maximum absolute atomic E-state index is 12.1. The van der Waals surface area contributed by atoms with Gasteiger partial charge < -0.3 is 14.4 Å². The zero-order valence-electron chi connectivity index (χ0n) is 13.7. The molecule has 25 heavy (non-hydrogen) atoms. The van der Waals surface area contributed by atoms with Crippen LogP contribution in [0.25, 0.3) is 0 Å². The van der Waals surface area contributed by atoms with Crippen molar-refractivity contribution in [2.24, 2.45) is 5.92 Å². The molecule has 0 aromatic heterocycles. The Bertz CT molecular complexity index is 681. The maximum Gasteiger partial charge on any atom is 0.345 e. The third-order valence-electron chi connectivity index (χ3n) is 4.03. The summed E-state index contributed by atoms with van der Waals surface area (Å²) < 4.78 is 9.58. The highest BCUT2D eigenvalue weighted by Crippen LogP contribution is 2.20. The van der Waals surface area contributed by atoms with Crippen LogP contribution in [0.3, 0.4) is 0 Å². The molecule has 0 saturated carbocycles. The monoisotopic (exact) mass is 350 g/mol. The lowest BCUT2D eigenvalue weighted by molar-refractivity contribution is -0.385. The minimum atomic E-state index is -0.926. The van der Waals surface area contributed by atoms with Gasteiger partial charge in [-0.05, 0) is 18.9 Å². The molecule has 0 atom stereocenters. The zero-order valence-corrected chi connectivity index (χ0v) is 13.7. The molecule has 0 radical (unpaired) electrons. The number of hydrogen-bond donors (Lipinski definition) is 0. The lowest BCUT2D eigenvalue weighted by Crippen LogP contribution is -2.42. The topological polar surface area (TPSA) is 116 Å². The van der Waals surface area contributed by atoms with Gasteiger partial charge in [0.25, 0.3) is 11.6 Å². The van der Waals surface area contributed by atoms with Crippen LogP contribution in [-0.4, -0.2) is 54.5 Å². The number of nitro groups is 1. The Labute approximate surface area is 143 Å². The standard InChI is InChI=1S/C16H18N2O7/c1-24-15(20)11-6-8-17(9-7-11)14(19)10-25-16(21)12-4-2-3-5-13(12)18(22)23/h2-5,11H,6-10H2,1H3. The number of nitro benzene ring substituents is 1. The fourth-order valence-corrected chi connectivity index (χ4v) is 2.63. The Kier molecular flexibility index (Phi) is 6.04. The van der Waals surface area contributed by atoms with Crippen molar-refractivity contribution in [3.63, 3.8) is 0 Å². The average molecular weight is 350 g/mol. The van der Waals surface area contributed by atoms with Gasteiger partial charge in [-0.1, -0.05) is 12.1 Å². The van der Waals surface area contributed by atoms with Crippen molar-refractivity contribution in [2.75, 3.05) is 26.8 Å². The number of carbonyl (C=O) groups is 3. The van der Waals surface area contributed by atoms with E-state index in [1.165, 1.54) is 36.3 Å². The van der Waals surface area contributed by atoms with Gasteiger partial charge in [0.2, 0.25) is 0 Å². The molecule has 9 heteroatoms. The van der Waals surface area contributed by atoms with E-state index in [0.29, 0.717) is 25.9 Å². The first-order chi connectivity index (χ1) is 11.9. The summed E-state index contributed by atoms with van der Waals surface area (Å²) in [5, 5.41) is 10.9. The highest BCUT2D eigenvalue weighted by atomic mass is 16.6. The molecular formula is C16H18N2O7. The number of ether oxygens (including phenoxy) is 2. The predicted molar refractivity (Wildman–Crippen MR) is 84.7 cm³/mol. The van der Waals surface area contributed by atoms with Crippen molar-refractivity contribution in [3.8, 4) is 0 Å². The van der Waals surface area contributed by atoms with Gasteiger partial charge in [0.1, 0.15) is 5.56 Å². The molecule has 1 saturated heterocycles. The number of likely N-dealkylation sites (tertiary alicyclic amines) is 1. The lowest BCUT2D eigenvalue weighted by Gasteiger charge is -2.30. The number of amides is 1. The highest BCUT2D eigenvalue weighted by Gasteiger charge is 2.28. The molecule has 1 aliphatic rings. The van der Waals surface area contributed by atoms with Crippen LogP contribution in [0.2, 0.25) is 0 Å². The minimum Gasteiger partial charge on any atom is -0.469 e. The average Bonchev–Trinajstić information content (AvgIpc) is 2.65. The predicted octanol–water partition coefficient (Wildman–Crippen LogP) is 1.16. The van der Waals surface area contributed by atoms with Crippen LogP contribution in [-0.2, 0) is 19.1 Å². The van der Waals surface area contributed by atoms with Crippen LogP contribution < -0.4 is 0 Å². The molecule has 1 heterocycles. The lowest BCUT2D eigenvalue weighted by atomic mass is 9.97. The smallest absolute Gasteiger partial charge is 0.345 e. The Hall–Kier alpha value is -2.97. The van der Waals surface area contributed by atoms with Crippen molar-refractivity contribution >= 4 is 23.5 Å². The molecule has 2 rings (SSSR count). The summed E-state index contributed by atoms with van der Waals surface area (Å²) in [6, 6.07) is 5.37. The molecule has 1 aromatic carbocycles. The Morgan fingerprint density at radius 1 is 1.24 bits per heavy atom. The molecule has 0 bridgehead atoms. The first-order valence-electron chi connectivity index (χ1n) is 7.70. The van der Waals surface area contributed by atoms with Gasteiger partial charge >= 0.3 is 11.9 Å². The van der Waals surface area contributed by atoms with Gasteiger partial charge in [0.15, 0.2) is 6.61 Å². The first kappa shape index (κ1) is 18.4. The third-order valence-corrected chi connectivity index (χ3v) is 4.03. The fourth-order valence-electron chi connectivity index (χ4n) is 2.63. The van der Waals surface area contributed by atoms with Crippen molar-refractivity contribution in [1.29, 1.82) is 0 Å². The van der Waals surface area contributed by atoms with Gasteiger partial charge in [-0.25, -0.2) is 4.79 Å². The number of rotatable bonds is 5. The molecule has 134 valence electrons. The van der Waals surface area contributed by atoms with Crippen LogP contribution >= 0.6 is 0 Å². The van der Waals surface area contributed by atoms with Gasteiger partial charge in [0, 0.05) is 19.2 Å². The summed E-state index contributed by atoms with van der Waals surface area (Å²) >= 11 is 0. The number of nitrogens with zero attached hydrogens (tertiary/aromatic N) is 2. The van der Waals surface area contributed by atoms with Crippen LogP contribution in [0.1, 0.15) is 23.2 Å². The van der Waals surface area contributed by atoms with Crippen LogP contribution in [0.15, 0.2) is 24.3 Å². The molecule has 1 aromatic rings. The number of piperidine rings is 1. The second-order valence-corrected chi connectivity index (χ2v) is 5.53. The highest BCUT2D eigenvalue weighted by molar-refractivity contribution is 5.95. The molecule has 1 aliphatic heterocycles. The van der Waals surface area contributed by atoms with Crippen LogP contribution in [0.4, 0.5) is 5.69 Å². The normalized spacial score (nSPS) is 14.7. The number of para-hydroxylation sites is 1. The summed E-state index contributed by atoms with van der Waals surface area (Å²) in [5.74, 6) is -1.86. The molecule has 0 unspecified atom stereocenters. The van der Waals surface area contributed by atoms with Crippen molar-refractivity contribution in [1.82, 2.24) is 4.90 Å². The van der Waals surface area contributed by atoms with E-state index in [1.54, 1.807) is 0 Å². The fraction of sp³-hybridized carbons (Fsp3) is 0.438. The first-order valence-corrected chi connectivity index (χ1v) is 7.70. The Balaban J connectivity index is 1.88. The number of methoxy groups -OCH3 is 1. The molecule has 9 nitrogen and oxygen atoms in total. The van der Waals surface area contributed by atoms with E-state index < -0.39 is 23.4 Å². The van der Waals surface area contributed by atoms with E-state index in [2.05, 4.69) is 4.74 Å². The maximum atomic E-state index is 12.1. The largest absolute Gasteiger partial charge is 0.469 e. The summed E-state index contributed by atoms with van der Waals surface area (Å²) in [6.45, 7) is 0.219. The van der Waals surface area contributed by atoms with Gasteiger partial charge in [-0.2, -0.15) is 0 Å². The van der Waals surface area contributed by atoms with Crippen molar-refractivity contribution in [2.45, 2.75) is 12.8 Å². The number of benzene rings is 1. The Morgan fingerprint density at radius 2 is 1.88 bits per heavy atom. The summed E-state index contributed by atoms with van der Waals surface area (Å²) in [7, 11) is 1.32. The SMILES string of the molecule is COC(=O)C1CCN(C(=O)COC(=O)c2ccccc2[N+](=O)[O-])CC1. The van der Waals surface area contributed by atoms with Crippen molar-refractivity contribution < 1.29 is 28.8 Å². The molecule has 0 N–H and O–H groups in total. The Morgan fingerprint density at radius 3 is 2.48 bits per heavy atom. The van der Waals surface area contributed by atoms with E-state index >= 15 is 0 Å². The second kappa shape index (κ2) is 8.22. The van der Waals surface area contributed by atoms with E-state index in [1.807, 2.05) is 0 Å². The van der Waals surface area contributed by atoms with E-state index in [4.69, 9.17) is 4.74 Å². The van der Waals surface area contributed by atoms with Crippen LogP contribution in [0.5, 0.6) is 0 Å². The molecule has 1 fully saturated rings. The van der Waals surface area contributed by atoms with Crippen LogP contribution in [0, 0.1) is 16.0 Å². The third kappa shape index (κ3) is 4.52. The summed E-state index contributed by atoms with van der Waals surface area (Å²) in [4.78, 5) is 47.2. The second-order valence-electron chi connectivity index (χ2n) is 5.53. The number of esters is 2.